The molecule has 0 saturated carbocycles. The SMILES string of the molecule is CC1=C(C(=O)Nc2ccc(Cl)cc2)C(c2ccccc2)C(C#N)=C(SCC(=O)Nc2ccccc2)N1. The second-order valence-electron chi connectivity index (χ2n) is 8.03. The minimum Gasteiger partial charge on any atom is -0.353 e. The normalized spacial score (nSPS) is 15.1. The first-order valence-corrected chi connectivity index (χ1v) is 12.5. The molecule has 0 saturated heterocycles. The minimum atomic E-state index is -0.593. The van der Waals surface area contributed by atoms with E-state index in [0.29, 0.717) is 38.3 Å². The molecule has 6 nitrogen and oxygen atoms in total. The number of halogens is 1. The van der Waals surface area contributed by atoms with Gasteiger partial charge in [0.2, 0.25) is 5.91 Å². The highest BCUT2D eigenvalue weighted by molar-refractivity contribution is 8.03. The van der Waals surface area contributed by atoms with Crippen LogP contribution < -0.4 is 16.0 Å². The summed E-state index contributed by atoms with van der Waals surface area (Å²) in [5, 5.41) is 20.2. The number of thioether (sulfide) groups is 1. The van der Waals surface area contributed by atoms with Crippen LogP contribution in [0.2, 0.25) is 5.02 Å². The number of amides is 2. The molecule has 4 rings (SSSR count). The number of carbonyl (C=O) groups is 2. The van der Waals surface area contributed by atoms with Crippen molar-refractivity contribution < 1.29 is 9.59 Å². The van der Waals surface area contributed by atoms with Gasteiger partial charge in [-0.2, -0.15) is 5.26 Å². The lowest BCUT2D eigenvalue weighted by Crippen LogP contribution is -2.31. The monoisotopic (exact) mass is 514 g/mol. The zero-order valence-electron chi connectivity index (χ0n) is 19.4. The lowest BCUT2D eigenvalue weighted by molar-refractivity contribution is -0.114. The number of para-hydroxylation sites is 1. The Hall–Kier alpha value is -3.99. The van der Waals surface area contributed by atoms with Gasteiger partial charge in [0, 0.05) is 27.7 Å². The van der Waals surface area contributed by atoms with Gasteiger partial charge in [-0.3, -0.25) is 9.59 Å². The Kier molecular flexibility index (Phi) is 8.11. The van der Waals surface area contributed by atoms with Crippen molar-refractivity contribution in [2.24, 2.45) is 0 Å². The molecule has 2 amide bonds. The van der Waals surface area contributed by atoms with Crippen LogP contribution in [0, 0.1) is 11.3 Å². The first-order valence-electron chi connectivity index (χ1n) is 11.2. The molecule has 1 atom stereocenters. The number of benzene rings is 3. The van der Waals surface area contributed by atoms with Crippen LogP contribution in [0.15, 0.2) is 107 Å². The van der Waals surface area contributed by atoms with E-state index < -0.39 is 5.92 Å². The van der Waals surface area contributed by atoms with E-state index in [9.17, 15) is 14.9 Å². The summed E-state index contributed by atoms with van der Waals surface area (Å²) in [7, 11) is 0. The Morgan fingerprint density at radius 2 is 1.56 bits per heavy atom. The third-order valence-electron chi connectivity index (χ3n) is 5.53. The van der Waals surface area contributed by atoms with Crippen molar-refractivity contribution in [1.29, 1.82) is 5.26 Å². The number of nitrogens with one attached hydrogen (secondary N) is 3. The summed E-state index contributed by atoms with van der Waals surface area (Å²) < 4.78 is 0. The number of anilines is 2. The molecule has 1 heterocycles. The van der Waals surface area contributed by atoms with Gasteiger partial charge in [0.05, 0.1) is 28.3 Å². The molecule has 180 valence electrons. The largest absolute Gasteiger partial charge is 0.353 e. The number of nitriles is 1. The highest BCUT2D eigenvalue weighted by Gasteiger charge is 2.34. The van der Waals surface area contributed by atoms with Crippen LogP contribution in [0.25, 0.3) is 0 Å². The number of allylic oxidation sites excluding steroid dienone is 2. The van der Waals surface area contributed by atoms with Crippen molar-refractivity contribution in [1.82, 2.24) is 5.32 Å². The highest BCUT2D eigenvalue weighted by Crippen LogP contribution is 2.41. The van der Waals surface area contributed by atoms with Crippen LogP contribution in [0.5, 0.6) is 0 Å². The second-order valence-corrected chi connectivity index (χ2v) is 9.45. The molecular formula is C28H23ClN4O2S. The van der Waals surface area contributed by atoms with Gasteiger partial charge in [-0.05, 0) is 48.9 Å². The molecule has 1 unspecified atom stereocenters. The number of nitrogens with zero attached hydrogens (tertiary/aromatic N) is 1. The van der Waals surface area contributed by atoms with Crippen molar-refractivity contribution in [3.05, 3.63) is 117 Å². The van der Waals surface area contributed by atoms with E-state index >= 15 is 0 Å². The zero-order valence-corrected chi connectivity index (χ0v) is 21.0. The van der Waals surface area contributed by atoms with E-state index in [1.165, 1.54) is 11.8 Å². The Bertz CT molecular complexity index is 1360. The molecule has 0 radical (unpaired) electrons. The fourth-order valence-corrected chi connectivity index (χ4v) is 4.91. The van der Waals surface area contributed by atoms with Crippen molar-refractivity contribution in [3.8, 4) is 6.07 Å². The summed E-state index contributed by atoms with van der Waals surface area (Å²) in [6.45, 7) is 1.80. The van der Waals surface area contributed by atoms with E-state index in [-0.39, 0.29) is 17.6 Å². The molecule has 0 bridgehead atoms. The maximum Gasteiger partial charge on any atom is 0.254 e. The van der Waals surface area contributed by atoms with Crippen LogP contribution in [-0.4, -0.2) is 17.6 Å². The maximum atomic E-state index is 13.4. The van der Waals surface area contributed by atoms with Gasteiger partial charge in [0.1, 0.15) is 0 Å². The number of hydrogen-bond acceptors (Lipinski definition) is 5. The molecular weight excluding hydrogens is 492 g/mol. The standard InChI is InChI=1S/C28H23ClN4O2S/c1-18-25(27(35)33-22-14-12-20(29)13-15-22)26(19-8-4-2-5-9-19)23(16-30)28(31-18)36-17-24(34)32-21-10-6-3-7-11-21/h2-15,26,31H,17H2,1H3,(H,32,34)(H,33,35). The lowest BCUT2D eigenvalue weighted by Gasteiger charge is -2.30. The third-order valence-corrected chi connectivity index (χ3v) is 6.80. The average Bonchev–Trinajstić information content (AvgIpc) is 2.89. The van der Waals surface area contributed by atoms with Gasteiger partial charge in [-0.25, -0.2) is 0 Å². The molecule has 3 aromatic carbocycles. The molecule has 36 heavy (non-hydrogen) atoms. The number of carbonyl (C=O) groups excluding carboxylic acids is 2. The molecule has 0 aliphatic carbocycles. The Morgan fingerprint density at radius 1 is 0.944 bits per heavy atom. The smallest absolute Gasteiger partial charge is 0.254 e. The number of rotatable bonds is 7. The fourth-order valence-electron chi connectivity index (χ4n) is 3.89. The summed E-state index contributed by atoms with van der Waals surface area (Å²) >= 11 is 7.20. The predicted octanol–water partition coefficient (Wildman–Crippen LogP) is 6.05. The molecule has 0 aromatic heterocycles. The topological polar surface area (TPSA) is 94.0 Å². The van der Waals surface area contributed by atoms with Crippen LogP contribution in [0.3, 0.4) is 0 Å². The van der Waals surface area contributed by atoms with Gasteiger partial charge in [-0.15, -0.1) is 0 Å². The summed E-state index contributed by atoms with van der Waals surface area (Å²) in [5.74, 6) is -1.01. The summed E-state index contributed by atoms with van der Waals surface area (Å²) in [6, 6.07) is 27.7. The maximum absolute atomic E-state index is 13.4. The van der Waals surface area contributed by atoms with E-state index in [4.69, 9.17) is 11.6 Å². The fraction of sp³-hybridized carbons (Fsp3) is 0.107. The van der Waals surface area contributed by atoms with Gasteiger partial charge in [0.15, 0.2) is 0 Å². The molecule has 1 aliphatic heterocycles. The third kappa shape index (κ3) is 5.98. The molecule has 3 aromatic rings. The minimum absolute atomic E-state index is 0.101. The second kappa shape index (κ2) is 11.6. The highest BCUT2D eigenvalue weighted by atomic mass is 35.5. The van der Waals surface area contributed by atoms with Crippen LogP contribution in [0.4, 0.5) is 11.4 Å². The number of hydrogen-bond donors (Lipinski definition) is 3. The quantitative estimate of drug-likeness (QED) is 0.357. The first-order chi connectivity index (χ1) is 17.5. The van der Waals surface area contributed by atoms with Crippen molar-refractivity contribution in [2.45, 2.75) is 12.8 Å². The molecule has 0 spiro atoms. The lowest BCUT2D eigenvalue weighted by atomic mass is 9.82. The van der Waals surface area contributed by atoms with E-state index in [0.717, 1.165) is 5.56 Å². The average molecular weight is 515 g/mol. The van der Waals surface area contributed by atoms with Crippen molar-refractivity contribution >= 4 is 46.6 Å². The van der Waals surface area contributed by atoms with Crippen LogP contribution >= 0.6 is 23.4 Å². The van der Waals surface area contributed by atoms with Crippen molar-refractivity contribution in [2.75, 3.05) is 16.4 Å². The van der Waals surface area contributed by atoms with Gasteiger partial charge < -0.3 is 16.0 Å². The number of dihydropyridines is 1. The first kappa shape index (κ1) is 25.1. The Labute approximate surface area is 219 Å². The van der Waals surface area contributed by atoms with Crippen LogP contribution in [-0.2, 0) is 9.59 Å². The summed E-state index contributed by atoms with van der Waals surface area (Å²) in [6.07, 6.45) is 0. The Balaban J connectivity index is 1.61. The zero-order chi connectivity index (χ0) is 25.5. The van der Waals surface area contributed by atoms with E-state index in [2.05, 4.69) is 22.0 Å². The summed E-state index contributed by atoms with van der Waals surface area (Å²) in [4.78, 5) is 26.0. The predicted molar refractivity (Wildman–Crippen MR) is 145 cm³/mol. The summed E-state index contributed by atoms with van der Waals surface area (Å²) in [5.41, 5.74) is 3.53. The van der Waals surface area contributed by atoms with Gasteiger partial charge in [-0.1, -0.05) is 71.9 Å². The van der Waals surface area contributed by atoms with Crippen LogP contribution in [0.1, 0.15) is 18.4 Å². The van der Waals surface area contributed by atoms with Gasteiger partial charge >= 0.3 is 0 Å². The molecule has 0 fully saturated rings. The molecule has 3 N–H and O–H groups in total. The molecule has 8 heteroatoms. The van der Waals surface area contributed by atoms with Gasteiger partial charge in [0.25, 0.3) is 5.91 Å². The Morgan fingerprint density at radius 3 is 2.19 bits per heavy atom. The molecule has 1 aliphatic rings. The van der Waals surface area contributed by atoms with E-state index in [1.54, 1.807) is 31.2 Å². The van der Waals surface area contributed by atoms with Crippen molar-refractivity contribution in [3.63, 3.8) is 0 Å². The van der Waals surface area contributed by atoms with E-state index in [1.807, 2.05) is 60.7 Å².